The zero-order chi connectivity index (χ0) is 20.8. The molecule has 0 atom stereocenters. The van der Waals surface area contributed by atoms with E-state index in [1.165, 1.54) is 14.2 Å². The Labute approximate surface area is 168 Å². The van der Waals surface area contributed by atoms with E-state index in [4.69, 9.17) is 9.47 Å². The van der Waals surface area contributed by atoms with Crippen molar-refractivity contribution in [2.45, 2.75) is 0 Å². The summed E-state index contributed by atoms with van der Waals surface area (Å²) in [7, 11) is 2.69. The van der Waals surface area contributed by atoms with E-state index in [1.54, 1.807) is 36.4 Å². The van der Waals surface area contributed by atoms with Crippen LogP contribution in [0.2, 0.25) is 0 Å². The summed E-state index contributed by atoms with van der Waals surface area (Å²) in [6, 6.07) is 21.0. The van der Waals surface area contributed by atoms with Crippen molar-refractivity contribution in [3.8, 4) is 5.75 Å². The van der Waals surface area contributed by atoms with Gasteiger partial charge >= 0.3 is 11.9 Å². The first-order chi connectivity index (χ1) is 14.0. The maximum atomic E-state index is 11.7. The second-order valence-corrected chi connectivity index (χ2v) is 6.29. The van der Waals surface area contributed by atoms with Gasteiger partial charge in [-0.2, -0.15) is 0 Å². The van der Waals surface area contributed by atoms with E-state index in [0.29, 0.717) is 11.1 Å². The number of carbonyl (C=O) groups excluding carboxylic acids is 2. The molecule has 3 aromatic carbocycles. The van der Waals surface area contributed by atoms with Crippen molar-refractivity contribution >= 4 is 23.6 Å². The fourth-order valence-corrected chi connectivity index (χ4v) is 2.88. The third kappa shape index (κ3) is 4.71. The summed E-state index contributed by atoms with van der Waals surface area (Å²) in [4.78, 5) is 23.3. The molecule has 3 aromatic rings. The smallest absolute Gasteiger partial charge is 0.337 e. The highest BCUT2D eigenvalue weighted by molar-refractivity contribution is 5.94. The highest BCUT2D eigenvalue weighted by Crippen LogP contribution is 2.28. The summed E-state index contributed by atoms with van der Waals surface area (Å²) in [6.07, 6.45) is 1.97. The van der Waals surface area contributed by atoms with Gasteiger partial charge in [0.2, 0.25) is 0 Å². The fourth-order valence-electron chi connectivity index (χ4n) is 2.88. The van der Waals surface area contributed by atoms with Crippen LogP contribution < -0.4 is 0 Å². The Bertz CT molecular complexity index is 1030. The normalized spacial score (nSPS) is 11.0. The van der Waals surface area contributed by atoms with Gasteiger partial charge in [-0.1, -0.05) is 36.4 Å². The molecule has 0 fully saturated rings. The quantitative estimate of drug-likeness (QED) is 0.513. The van der Waals surface area contributed by atoms with Gasteiger partial charge in [-0.05, 0) is 64.7 Å². The lowest BCUT2D eigenvalue weighted by Gasteiger charge is -2.10. The Morgan fingerprint density at radius 3 is 1.48 bits per heavy atom. The first-order valence-corrected chi connectivity index (χ1v) is 8.90. The molecule has 0 bridgehead atoms. The van der Waals surface area contributed by atoms with E-state index in [2.05, 4.69) is 0 Å². The van der Waals surface area contributed by atoms with Crippen LogP contribution >= 0.6 is 0 Å². The lowest BCUT2D eigenvalue weighted by atomic mass is 9.94. The number of methoxy groups -OCH3 is 2. The van der Waals surface area contributed by atoms with Gasteiger partial charge in [0.15, 0.2) is 0 Å². The minimum Gasteiger partial charge on any atom is -0.508 e. The molecule has 3 rings (SSSR count). The lowest BCUT2D eigenvalue weighted by Crippen LogP contribution is -2.01. The zero-order valence-electron chi connectivity index (χ0n) is 16.1. The minimum absolute atomic E-state index is 0.177. The van der Waals surface area contributed by atoms with Crippen molar-refractivity contribution in [2.75, 3.05) is 14.2 Å². The third-order valence-corrected chi connectivity index (χ3v) is 4.44. The van der Waals surface area contributed by atoms with Gasteiger partial charge in [0.1, 0.15) is 5.75 Å². The van der Waals surface area contributed by atoms with Crippen molar-refractivity contribution in [2.24, 2.45) is 0 Å². The maximum Gasteiger partial charge on any atom is 0.337 e. The van der Waals surface area contributed by atoms with Gasteiger partial charge in [0.25, 0.3) is 0 Å². The van der Waals surface area contributed by atoms with Gasteiger partial charge < -0.3 is 14.6 Å². The van der Waals surface area contributed by atoms with E-state index in [9.17, 15) is 14.7 Å². The van der Waals surface area contributed by atoms with Crippen LogP contribution in [0.1, 0.15) is 37.4 Å². The average molecular weight is 388 g/mol. The summed E-state index contributed by atoms with van der Waals surface area (Å²) in [5.41, 5.74) is 4.50. The highest BCUT2D eigenvalue weighted by atomic mass is 16.5. The molecule has 29 heavy (non-hydrogen) atoms. The molecule has 5 heteroatoms. The maximum absolute atomic E-state index is 11.7. The first kappa shape index (κ1) is 19.9. The zero-order valence-corrected chi connectivity index (χ0v) is 16.1. The van der Waals surface area contributed by atoms with E-state index in [-0.39, 0.29) is 5.75 Å². The summed E-state index contributed by atoms with van der Waals surface area (Å²) < 4.78 is 9.48. The van der Waals surface area contributed by atoms with Crippen LogP contribution in [0.15, 0.2) is 72.8 Å². The molecule has 0 saturated carbocycles. The van der Waals surface area contributed by atoms with Crippen molar-refractivity contribution in [1.29, 1.82) is 0 Å². The molecule has 5 nitrogen and oxygen atoms in total. The number of aromatic hydroxyl groups is 1. The highest BCUT2D eigenvalue weighted by Gasteiger charge is 2.10. The van der Waals surface area contributed by atoms with Gasteiger partial charge in [-0.15, -0.1) is 0 Å². The Balaban J connectivity index is 2.03. The molecule has 0 spiro atoms. The van der Waals surface area contributed by atoms with Gasteiger partial charge in [0.05, 0.1) is 25.3 Å². The number of phenolic OH excluding ortho intramolecular Hbond substituents is 1. The molecule has 0 aliphatic rings. The number of esters is 2. The topological polar surface area (TPSA) is 72.8 Å². The third-order valence-electron chi connectivity index (χ3n) is 4.44. The van der Waals surface area contributed by atoms with Gasteiger partial charge in [0, 0.05) is 0 Å². The molecule has 1 N–H and O–H groups in total. The van der Waals surface area contributed by atoms with Crippen LogP contribution in [0.25, 0.3) is 11.6 Å². The molecule has 0 aromatic heterocycles. The Morgan fingerprint density at radius 2 is 1.03 bits per heavy atom. The summed E-state index contributed by atoms with van der Waals surface area (Å²) in [5.74, 6) is -0.612. The van der Waals surface area contributed by atoms with Crippen LogP contribution in [0.4, 0.5) is 0 Å². The van der Waals surface area contributed by atoms with Crippen LogP contribution in [0.5, 0.6) is 5.75 Å². The molecule has 0 aliphatic heterocycles. The van der Waals surface area contributed by atoms with Gasteiger partial charge in [-0.3, -0.25) is 0 Å². The number of carbonyl (C=O) groups is 2. The van der Waals surface area contributed by atoms with E-state index in [1.807, 2.05) is 42.5 Å². The number of hydrogen-bond donors (Lipinski definition) is 1. The molecule has 0 heterocycles. The number of hydrogen-bond acceptors (Lipinski definition) is 5. The van der Waals surface area contributed by atoms with E-state index >= 15 is 0 Å². The monoisotopic (exact) mass is 388 g/mol. The lowest BCUT2D eigenvalue weighted by molar-refractivity contribution is 0.0592. The molecule has 0 radical (unpaired) electrons. The van der Waals surface area contributed by atoms with Crippen LogP contribution in [-0.2, 0) is 9.47 Å². The molecule has 0 saturated heterocycles. The first-order valence-electron chi connectivity index (χ1n) is 8.90. The molecule has 146 valence electrons. The minimum atomic E-state index is -0.398. The van der Waals surface area contributed by atoms with Crippen LogP contribution in [0.3, 0.4) is 0 Å². The van der Waals surface area contributed by atoms with Crippen LogP contribution in [-0.4, -0.2) is 31.3 Å². The van der Waals surface area contributed by atoms with E-state index < -0.39 is 11.9 Å². The Morgan fingerprint density at radius 1 is 0.655 bits per heavy atom. The SMILES string of the molecule is COC(=O)c1ccc(/C=C(/c2ccc(O)cc2)c2ccc(C(=O)OC)cc2)cc1. The predicted octanol–water partition coefficient (Wildman–Crippen LogP) is 4.55. The van der Waals surface area contributed by atoms with Crippen molar-refractivity contribution in [3.05, 3.63) is 101 Å². The van der Waals surface area contributed by atoms with Crippen molar-refractivity contribution < 1.29 is 24.2 Å². The fraction of sp³-hybridized carbons (Fsp3) is 0.0833. The number of rotatable bonds is 5. The van der Waals surface area contributed by atoms with Crippen LogP contribution in [0, 0.1) is 0 Å². The molecule has 0 unspecified atom stereocenters. The molecular formula is C24H20O5. The largest absolute Gasteiger partial charge is 0.508 e. The summed E-state index contributed by atoms with van der Waals surface area (Å²) >= 11 is 0. The molecule has 0 aliphatic carbocycles. The predicted molar refractivity (Wildman–Crippen MR) is 111 cm³/mol. The Hall–Kier alpha value is -3.86. The van der Waals surface area contributed by atoms with Gasteiger partial charge in [-0.25, -0.2) is 9.59 Å². The summed E-state index contributed by atoms with van der Waals surface area (Å²) in [6.45, 7) is 0. The molecule has 0 amide bonds. The number of ether oxygens (including phenoxy) is 2. The number of phenols is 1. The second kappa shape index (κ2) is 8.89. The second-order valence-electron chi connectivity index (χ2n) is 6.29. The standard InChI is InChI=1S/C24H20O5/c1-28-23(26)19-5-3-16(4-6-19)15-22(18-11-13-21(25)14-12-18)17-7-9-20(10-8-17)24(27)29-2/h3-15,25H,1-2H3/b22-15+. The van der Waals surface area contributed by atoms with Crippen molar-refractivity contribution in [1.82, 2.24) is 0 Å². The summed E-state index contributed by atoms with van der Waals surface area (Å²) in [5, 5.41) is 9.61. The van der Waals surface area contributed by atoms with Crippen molar-refractivity contribution in [3.63, 3.8) is 0 Å². The average Bonchev–Trinajstić information content (AvgIpc) is 2.77. The van der Waals surface area contributed by atoms with E-state index in [0.717, 1.165) is 22.3 Å². The number of benzene rings is 3. The Kier molecular flexibility index (Phi) is 6.09. The molecular weight excluding hydrogens is 368 g/mol.